The fraction of sp³-hybridized carbons (Fsp3) is 0.450. The van der Waals surface area contributed by atoms with E-state index in [4.69, 9.17) is 16.3 Å². The van der Waals surface area contributed by atoms with Gasteiger partial charge in [-0.1, -0.05) is 24.9 Å². The van der Waals surface area contributed by atoms with Crippen molar-refractivity contribution in [3.05, 3.63) is 45.5 Å². The molecule has 0 aliphatic heterocycles. The largest absolute Gasteiger partial charge is 0.454 e. The molecule has 0 bridgehead atoms. The summed E-state index contributed by atoms with van der Waals surface area (Å²) in [5.74, 6) is -0.815. The summed E-state index contributed by atoms with van der Waals surface area (Å²) in [7, 11) is 1.89. The van der Waals surface area contributed by atoms with Gasteiger partial charge in [-0.3, -0.25) is 9.48 Å². The number of halogens is 1. The van der Waals surface area contributed by atoms with Crippen LogP contribution in [0, 0.1) is 20.8 Å². The Labute approximate surface area is 164 Å². The van der Waals surface area contributed by atoms with Gasteiger partial charge in [0, 0.05) is 42.2 Å². The minimum atomic E-state index is -0.592. The third-order valence-corrected chi connectivity index (χ3v) is 5.04. The van der Waals surface area contributed by atoms with Crippen molar-refractivity contribution in [2.24, 2.45) is 7.05 Å². The Hall–Kier alpha value is -2.34. The third-order valence-electron chi connectivity index (χ3n) is 4.64. The molecule has 146 valence electrons. The summed E-state index contributed by atoms with van der Waals surface area (Å²) < 4.78 is 8.74. The summed E-state index contributed by atoms with van der Waals surface area (Å²) in [6.07, 6.45) is 4.88. The number of esters is 1. The smallest absolute Gasteiger partial charge is 0.331 e. The molecule has 0 fully saturated rings. The van der Waals surface area contributed by atoms with Gasteiger partial charge in [0.05, 0.1) is 5.69 Å². The van der Waals surface area contributed by atoms with Crippen LogP contribution in [-0.2, 0) is 23.1 Å². The van der Waals surface area contributed by atoms with Gasteiger partial charge in [0.25, 0.3) is 0 Å². The molecule has 0 saturated heterocycles. The average molecular weight is 392 g/mol. The molecule has 0 amide bonds. The minimum absolute atomic E-state index is 0.223. The number of unbranched alkanes of at least 4 members (excludes halogenated alkanes) is 1. The Balaban J connectivity index is 1.98. The maximum Gasteiger partial charge on any atom is 0.331 e. The van der Waals surface area contributed by atoms with Crippen LogP contribution >= 0.6 is 11.6 Å². The first kappa shape index (κ1) is 21.0. The number of nitrogens with zero attached hydrogens (tertiary/aromatic N) is 3. The fourth-order valence-electron chi connectivity index (χ4n) is 2.76. The van der Waals surface area contributed by atoms with Crippen LogP contribution in [0.1, 0.15) is 52.8 Å². The van der Waals surface area contributed by atoms with Crippen molar-refractivity contribution in [2.45, 2.75) is 47.1 Å². The lowest BCUT2D eigenvalue weighted by atomic mass is 10.1. The highest BCUT2D eigenvalue weighted by molar-refractivity contribution is 6.31. The lowest BCUT2D eigenvalue weighted by Gasteiger charge is -2.03. The molecule has 0 aliphatic carbocycles. The second-order valence-electron chi connectivity index (χ2n) is 6.57. The highest BCUT2D eigenvalue weighted by Crippen LogP contribution is 2.22. The van der Waals surface area contributed by atoms with Gasteiger partial charge in [0.1, 0.15) is 5.15 Å². The molecule has 2 rings (SSSR count). The molecule has 0 aromatic carbocycles. The summed E-state index contributed by atoms with van der Waals surface area (Å²) in [5.41, 5.74) is 3.83. The van der Waals surface area contributed by atoms with Crippen LogP contribution in [0.5, 0.6) is 0 Å². The van der Waals surface area contributed by atoms with Crippen molar-refractivity contribution >= 4 is 29.4 Å². The van der Waals surface area contributed by atoms with Gasteiger partial charge in [0.2, 0.25) is 5.78 Å². The van der Waals surface area contributed by atoms with E-state index < -0.39 is 5.97 Å². The summed E-state index contributed by atoms with van der Waals surface area (Å²) in [6, 6.07) is 1.80. The molecule has 0 radical (unpaired) electrons. The van der Waals surface area contributed by atoms with Crippen molar-refractivity contribution in [3.8, 4) is 0 Å². The zero-order valence-corrected chi connectivity index (χ0v) is 17.3. The van der Waals surface area contributed by atoms with Gasteiger partial charge in [-0.05, 0) is 39.3 Å². The second kappa shape index (κ2) is 9.04. The fourth-order valence-corrected chi connectivity index (χ4v) is 3.09. The summed E-state index contributed by atoms with van der Waals surface area (Å²) in [5, 5.41) is 4.88. The molecule has 2 heterocycles. The van der Waals surface area contributed by atoms with Gasteiger partial charge in [-0.15, -0.1) is 0 Å². The predicted octanol–water partition coefficient (Wildman–Crippen LogP) is 4.04. The van der Waals surface area contributed by atoms with Gasteiger partial charge in [-0.2, -0.15) is 5.10 Å². The van der Waals surface area contributed by atoms with Crippen molar-refractivity contribution < 1.29 is 14.3 Å². The molecule has 0 atom stereocenters. The molecular weight excluding hydrogens is 366 g/mol. The number of aryl methyl sites for hydroxylation is 3. The molecule has 0 N–H and O–H groups in total. The number of hydrogen-bond donors (Lipinski definition) is 0. The Morgan fingerprint density at radius 1 is 1.30 bits per heavy atom. The molecule has 7 heteroatoms. The SMILES string of the molecule is CCCCn1nc(C)c(/C=C/C(=O)OCC(=O)c2cc(C)n(C)c2C)c1Cl. The van der Waals surface area contributed by atoms with E-state index in [0.717, 1.165) is 36.5 Å². The Morgan fingerprint density at radius 2 is 2.00 bits per heavy atom. The lowest BCUT2D eigenvalue weighted by molar-refractivity contribution is -0.136. The number of ketones is 1. The van der Waals surface area contributed by atoms with Crippen molar-refractivity contribution in [1.82, 2.24) is 14.3 Å². The maximum atomic E-state index is 12.3. The standard InChI is InChI=1S/C20H26ClN3O3/c1-6-7-10-24-20(21)16(14(3)22-24)8-9-19(26)27-12-18(25)17-11-13(2)23(5)15(17)4/h8-9,11H,6-7,10,12H2,1-5H3/b9-8+. The monoisotopic (exact) mass is 391 g/mol. The lowest BCUT2D eigenvalue weighted by Crippen LogP contribution is -2.13. The number of ether oxygens (including phenoxy) is 1. The first-order valence-electron chi connectivity index (χ1n) is 9.00. The van der Waals surface area contributed by atoms with Crippen LogP contribution in [0.25, 0.3) is 6.08 Å². The quantitative estimate of drug-likeness (QED) is 0.387. The molecule has 6 nitrogen and oxygen atoms in total. The normalized spacial score (nSPS) is 11.3. The minimum Gasteiger partial charge on any atom is -0.454 e. The Kier molecular flexibility index (Phi) is 7.02. The van der Waals surface area contributed by atoms with E-state index in [1.165, 1.54) is 6.08 Å². The number of carbonyl (C=O) groups excluding carboxylic acids is 2. The van der Waals surface area contributed by atoms with Crippen LogP contribution < -0.4 is 0 Å². The molecule has 0 saturated carbocycles. The van der Waals surface area contributed by atoms with E-state index >= 15 is 0 Å². The number of aromatic nitrogens is 3. The highest BCUT2D eigenvalue weighted by atomic mass is 35.5. The number of Topliss-reactive ketones (excluding diaryl/α,β-unsaturated/α-hetero) is 1. The van der Waals surface area contributed by atoms with E-state index in [1.54, 1.807) is 16.8 Å². The van der Waals surface area contributed by atoms with Gasteiger partial charge in [0.15, 0.2) is 6.61 Å². The van der Waals surface area contributed by atoms with Gasteiger partial charge in [-0.25, -0.2) is 4.79 Å². The van der Waals surface area contributed by atoms with Crippen molar-refractivity contribution in [3.63, 3.8) is 0 Å². The second-order valence-corrected chi connectivity index (χ2v) is 6.93. The number of hydrogen-bond acceptors (Lipinski definition) is 4. The van der Waals surface area contributed by atoms with E-state index in [2.05, 4.69) is 12.0 Å². The summed E-state index contributed by atoms with van der Waals surface area (Å²) >= 11 is 6.33. The Morgan fingerprint density at radius 3 is 2.59 bits per heavy atom. The first-order valence-corrected chi connectivity index (χ1v) is 9.37. The summed E-state index contributed by atoms with van der Waals surface area (Å²) in [4.78, 5) is 24.2. The van der Waals surface area contributed by atoms with Crippen LogP contribution in [0.3, 0.4) is 0 Å². The third kappa shape index (κ3) is 4.89. The molecule has 0 aliphatic rings. The number of rotatable bonds is 8. The van der Waals surface area contributed by atoms with Crippen LogP contribution in [0.4, 0.5) is 0 Å². The molecule has 0 unspecified atom stereocenters. The van der Waals surface area contributed by atoms with E-state index in [0.29, 0.717) is 16.3 Å². The highest BCUT2D eigenvalue weighted by Gasteiger charge is 2.16. The molecular formula is C20H26ClN3O3. The van der Waals surface area contributed by atoms with Gasteiger partial charge >= 0.3 is 5.97 Å². The van der Waals surface area contributed by atoms with Crippen LogP contribution in [0.2, 0.25) is 5.15 Å². The zero-order chi connectivity index (χ0) is 20.1. The van der Waals surface area contributed by atoms with Crippen molar-refractivity contribution in [2.75, 3.05) is 6.61 Å². The van der Waals surface area contributed by atoms with Crippen LogP contribution in [0.15, 0.2) is 12.1 Å². The van der Waals surface area contributed by atoms with Gasteiger partial charge < -0.3 is 9.30 Å². The zero-order valence-electron chi connectivity index (χ0n) is 16.5. The topological polar surface area (TPSA) is 66.1 Å². The Bertz CT molecular complexity index is 878. The molecule has 27 heavy (non-hydrogen) atoms. The van der Waals surface area contributed by atoms with E-state index in [-0.39, 0.29) is 12.4 Å². The van der Waals surface area contributed by atoms with Crippen molar-refractivity contribution in [1.29, 1.82) is 0 Å². The summed E-state index contributed by atoms with van der Waals surface area (Å²) in [6.45, 7) is 8.16. The van der Waals surface area contributed by atoms with Crippen LogP contribution in [-0.4, -0.2) is 32.7 Å². The average Bonchev–Trinajstić information content (AvgIpc) is 3.06. The molecule has 2 aromatic rings. The predicted molar refractivity (Wildman–Crippen MR) is 106 cm³/mol. The molecule has 2 aromatic heterocycles. The van der Waals surface area contributed by atoms with E-state index in [1.807, 2.05) is 32.4 Å². The number of carbonyl (C=O) groups is 2. The maximum absolute atomic E-state index is 12.3. The van der Waals surface area contributed by atoms with E-state index in [9.17, 15) is 9.59 Å². The first-order chi connectivity index (χ1) is 12.8. The molecule has 0 spiro atoms.